The quantitative estimate of drug-likeness (QED) is 0.510. The van der Waals surface area contributed by atoms with E-state index in [1.165, 1.54) is 6.08 Å². The summed E-state index contributed by atoms with van der Waals surface area (Å²) in [7, 11) is 0. The van der Waals surface area contributed by atoms with Crippen molar-refractivity contribution in [1.82, 2.24) is 0 Å². The molecule has 0 aromatic carbocycles. The van der Waals surface area contributed by atoms with Crippen LogP contribution in [0.15, 0.2) is 12.7 Å². The van der Waals surface area contributed by atoms with Crippen LogP contribution >= 0.6 is 0 Å². The van der Waals surface area contributed by atoms with E-state index in [2.05, 4.69) is 6.58 Å². The van der Waals surface area contributed by atoms with E-state index in [-0.39, 0.29) is 6.42 Å². The molecule has 46 valence electrons. The zero-order valence-electron chi connectivity index (χ0n) is 4.37. The average molecular weight is 116 g/mol. The standard InChI is InChI=1S/C5H8O3/c1-2-4(6)3-5(7)8/h2,4,6H,1,3H2,(H,7,8)/t4-/m0/s1. The predicted octanol–water partition coefficient (Wildman–Crippen LogP) is 0.00800. The summed E-state index contributed by atoms with van der Waals surface area (Å²) in [6, 6.07) is 0. The highest BCUT2D eigenvalue weighted by molar-refractivity contribution is 5.67. The van der Waals surface area contributed by atoms with E-state index < -0.39 is 12.1 Å². The monoisotopic (exact) mass is 116 g/mol. The fourth-order valence-electron chi connectivity index (χ4n) is 0.262. The smallest absolute Gasteiger partial charge is 0.306 e. The molecule has 0 amide bonds. The summed E-state index contributed by atoms with van der Waals surface area (Å²) in [5, 5.41) is 16.5. The Labute approximate surface area is 47.3 Å². The molecular weight excluding hydrogens is 108 g/mol. The van der Waals surface area contributed by atoms with E-state index in [0.29, 0.717) is 0 Å². The topological polar surface area (TPSA) is 57.5 Å². The number of aliphatic hydroxyl groups excluding tert-OH is 1. The van der Waals surface area contributed by atoms with Gasteiger partial charge in [0.1, 0.15) is 0 Å². The third-order valence-electron chi connectivity index (χ3n) is 0.656. The van der Waals surface area contributed by atoms with Crippen molar-refractivity contribution < 1.29 is 15.0 Å². The molecule has 0 radical (unpaired) electrons. The van der Waals surface area contributed by atoms with Gasteiger partial charge in [0.2, 0.25) is 0 Å². The first-order valence-electron chi connectivity index (χ1n) is 2.19. The lowest BCUT2D eigenvalue weighted by Crippen LogP contribution is -2.08. The summed E-state index contributed by atoms with van der Waals surface area (Å²) in [6.45, 7) is 3.20. The molecular formula is C5H8O3. The summed E-state index contributed by atoms with van der Waals surface area (Å²) >= 11 is 0. The summed E-state index contributed by atoms with van der Waals surface area (Å²) < 4.78 is 0. The van der Waals surface area contributed by atoms with Gasteiger partial charge in [-0.25, -0.2) is 0 Å². The van der Waals surface area contributed by atoms with Crippen molar-refractivity contribution in [2.75, 3.05) is 0 Å². The van der Waals surface area contributed by atoms with Crippen molar-refractivity contribution in [2.24, 2.45) is 0 Å². The molecule has 0 fully saturated rings. The molecule has 0 bridgehead atoms. The summed E-state index contributed by atoms with van der Waals surface area (Å²) in [5.74, 6) is -1.02. The van der Waals surface area contributed by atoms with Crippen LogP contribution in [0.5, 0.6) is 0 Å². The van der Waals surface area contributed by atoms with Gasteiger partial charge in [-0.2, -0.15) is 0 Å². The number of aliphatic hydroxyl groups is 1. The third-order valence-corrected chi connectivity index (χ3v) is 0.656. The molecule has 3 heteroatoms. The van der Waals surface area contributed by atoms with Crippen LogP contribution in [0.25, 0.3) is 0 Å². The second-order valence-electron chi connectivity index (χ2n) is 1.40. The van der Waals surface area contributed by atoms with E-state index in [9.17, 15) is 4.79 Å². The second kappa shape index (κ2) is 3.21. The van der Waals surface area contributed by atoms with Gasteiger partial charge in [-0.1, -0.05) is 6.08 Å². The summed E-state index contributed by atoms with van der Waals surface area (Å²) in [5.41, 5.74) is 0. The zero-order valence-corrected chi connectivity index (χ0v) is 4.37. The maximum atomic E-state index is 9.76. The number of carboxylic acids is 1. The fraction of sp³-hybridized carbons (Fsp3) is 0.400. The van der Waals surface area contributed by atoms with Crippen LogP contribution in [-0.4, -0.2) is 22.3 Å². The van der Waals surface area contributed by atoms with E-state index in [1.54, 1.807) is 0 Å². The second-order valence-corrected chi connectivity index (χ2v) is 1.40. The fourth-order valence-corrected chi connectivity index (χ4v) is 0.262. The normalized spacial score (nSPS) is 12.6. The highest BCUT2D eigenvalue weighted by atomic mass is 16.4. The number of rotatable bonds is 3. The molecule has 0 spiro atoms. The van der Waals surface area contributed by atoms with E-state index in [0.717, 1.165) is 0 Å². The average Bonchev–Trinajstić information content (AvgIpc) is 1.65. The molecule has 0 aliphatic rings. The zero-order chi connectivity index (χ0) is 6.57. The Morgan fingerprint density at radius 1 is 1.88 bits per heavy atom. The van der Waals surface area contributed by atoms with Crippen LogP contribution in [0, 0.1) is 0 Å². The first kappa shape index (κ1) is 7.17. The van der Waals surface area contributed by atoms with E-state index in [1.807, 2.05) is 0 Å². The van der Waals surface area contributed by atoms with Gasteiger partial charge in [0.15, 0.2) is 0 Å². The Morgan fingerprint density at radius 3 is 2.50 bits per heavy atom. The van der Waals surface area contributed by atoms with Gasteiger partial charge in [-0.15, -0.1) is 6.58 Å². The molecule has 0 heterocycles. The lowest BCUT2D eigenvalue weighted by Gasteiger charge is -1.96. The minimum absolute atomic E-state index is 0.260. The Balaban J connectivity index is 3.38. The van der Waals surface area contributed by atoms with Gasteiger partial charge in [0.05, 0.1) is 12.5 Å². The lowest BCUT2D eigenvalue weighted by atomic mass is 10.2. The SMILES string of the molecule is C=C[C@H](O)CC(=O)O. The van der Waals surface area contributed by atoms with Crippen molar-refractivity contribution in [2.45, 2.75) is 12.5 Å². The van der Waals surface area contributed by atoms with Crippen molar-refractivity contribution >= 4 is 5.97 Å². The number of carboxylic acid groups (broad SMARTS) is 1. The number of hydrogen-bond acceptors (Lipinski definition) is 2. The lowest BCUT2D eigenvalue weighted by molar-refractivity contribution is -0.138. The maximum absolute atomic E-state index is 9.76. The molecule has 0 saturated carbocycles. The Hall–Kier alpha value is -0.830. The van der Waals surface area contributed by atoms with Gasteiger partial charge >= 0.3 is 5.97 Å². The van der Waals surface area contributed by atoms with Crippen LogP contribution in [0.3, 0.4) is 0 Å². The van der Waals surface area contributed by atoms with Crippen molar-refractivity contribution in [3.8, 4) is 0 Å². The van der Waals surface area contributed by atoms with Crippen LogP contribution in [0.4, 0.5) is 0 Å². The Bertz CT molecular complexity index is 97.8. The van der Waals surface area contributed by atoms with Crippen LogP contribution in [0.2, 0.25) is 0 Å². The minimum atomic E-state index is -1.02. The van der Waals surface area contributed by atoms with Gasteiger partial charge in [0, 0.05) is 0 Å². The van der Waals surface area contributed by atoms with Crippen molar-refractivity contribution in [3.05, 3.63) is 12.7 Å². The molecule has 0 rings (SSSR count). The Morgan fingerprint density at radius 2 is 2.38 bits per heavy atom. The molecule has 1 atom stereocenters. The van der Waals surface area contributed by atoms with Crippen molar-refractivity contribution in [1.29, 1.82) is 0 Å². The first-order chi connectivity index (χ1) is 3.66. The van der Waals surface area contributed by atoms with Crippen LogP contribution in [-0.2, 0) is 4.79 Å². The van der Waals surface area contributed by atoms with E-state index in [4.69, 9.17) is 10.2 Å². The number of carbonyl (C=O) groups is 1. The molecule has 0 aromatic rings. The van der Waals surface area contributed by atoms with Gasteiger partial charge in [-0.05, 0) is 0 Å². The molecule has 2 N–H and O–H groups in total. The summed E-state index contributed by atoms with van der Waals surface area (Å²) in [4.78, 5) is 9.76. The largest absolute Gasteiger partial charge is 0.481 e. The maximum Gasteiger partial charge on any atom is 0.306 e. The number of aliphatic carboxylic acids is 1. The predicted molar refractivity (Wildman–Crippen MR) is 28.5 cm³/mol. The number of hydrogen-bond donors (Lipinski definition) is 2. The minimum Gasteiger partial charge on any atom is -0.481 e. The van der Waals surface area contributed by atoms with E-state index >= 15 is 0 Å². The summed E-state index contributed by atoms with van der Waals surface area (Å²) in [6.07, 6.45) is 0.0185. The van der Waals surface area contributed by atoms with Gasteiger partial charge in [0.25, 0.3) is 0 Å². The molecule has 0 saturated heterocycles. The third kappa shape index (κ3) is 3.36. The highest BCUT2D eigenvalue weighted by Crippen LogP contribution is 1.89. The first-order valence-corrected chi connectivity index (χ1v) is 2.19. The molecule has 0 aromatic heterocycles. The highest BCUT2D eigenvalue weighted by Gasteiger charge is 2.02. The molecule has 0 aliphatic carbocycles. The molecule has 0 unspecified atom stereocenters. The Kier molecular flexibility index (Phi) is 2.88. The molecule has 0 aliphatic heterocycles. The molecule has 3 nitrogen and oxygen atoms in total. The van der Waals surface area contributed by atoms with Crippen molar-refractivity contribution in [3.63, 3.8) is 0 Å². The van der Waals surface area contributed by atoms with Gasteiger partial charge in [-0.3, -0.25) is 4.79 Å². The molecule has 8 heavy (non-hydrogen) atoms. The van der Waals surface area contributed by atoms with Gasteiger partial charge < -0.3 is 10.2 Å². The van der Waals surface area contributed by atoms with Crippen LogP contribution in [0.1, 0.15) is 6.42 Å². The van der Waals surface area contributed by atoms with Crippen LogP contribution < -0.4 is 0 Å².